The van der Waals surface area contributed by atoms with E-state index in [1.54, 1.807) is 0 Å². The zero-order valence-corrected chi connectivity index (χ0v) is 8.16. The number of hydrogen-bond donors (Lipinski definition) is 1. The van der Waals surface area contributed by atoms with Crippen molar-refractivity contribution in [1.82, 2.24) is 4.90 Å². The van der Waals surface area contributed by atoms with Crippen LogP contribution in [0.1, 0.15) is 27.2 Å². The average molecular weight is 173 g/mol. The van der Waals surface area contributed by atoms with Crippen LogP contribution in [0, 0.1) is 0 Å². The fourth-order valence-electron chi connectivity index (χ4n) is 1.66. The van der Waals surface area contributed by atoms with Crippen LogP contribution in [0.2, 0.25) is 0 Å². The molecule has 1 heterocycles. The minimum atomic E-state index is 0.0222. The van der Waals surface area contributed by atoms with Gasteiger partial charge in [-0.3, -0.25) is 4.90 Å². The van der Waals surface area contributed by atoms with Gasteiger partial charge in [-0.15, -0.1) is 0 Å². The smallest absolute Gasteiger partial charge is 0.108 e. The van der Waals surface area contributed by atoms with Crippen molar-refractivity contribution in [2.24, 2.45) is 0 Å². The van der Waals surface area contributed by atoms with E-state index in [1.807, 2.05) is 6.92 Å². The summed E-state index contributed by atoms with van der Waals surface area (Å²) in [6.07, 6.45) is 1.32. The van der Waals surface area contributed by atoms with E-state index >= 15 is 0 Å². The van der Waals surface area contributed by atoms with Crippen molar-refractivity contribution < 1.29 is 9.84 Å². The molecule has 0 bridgehead atoms. The van der Waals surface area contributed by atoms with Gasteiger partial charge in [-0.2, -0.15) is 0 Å². The third kappa shape index (κ3) is 1.97. The maximum Gasteiger partial charge on any atom is 0.108 e. The largest absolute Gasteiger partial charge is 0.394 e. The third-order valence-electron chi connectivity index (χ3n) is 2.63. The Morgan fingerprint density at radius 1 is 1.67 bits per heavy atom. The second-order valence-corrected chi connectivity index (χ2v) is 3.49. The normalized spacial score (nSPS) is 34.0. The van der Waals surface area contributed by atoms with Gasteiger partial charge in [0.1, 0.15) is 6.23 Å². The van der Waals surface area contributed by atoms with E-state index in [4.69, 9.17) is 9.84 Å². The molecule has 0 radical (unpaired) electrons. The Kier molecular flexibility index (Phi) is 3.50. The van der Waals surface area contributed by atoms with Gasteiger partial charge in [0.15, 0.2) is 0 Å². The second kappa shape index (κ2) is 4.21. The molecule has 0 saturated carbocycles. The molecule has 0 aliphatic carbocycles. The first-order valence-corrected chi connectivity index (χ1v) is 4.71. The molecular weight excluding hydrogens is 154 g/mol. The molecule has 1 N–H and O–H groups in total. The Bertz CT molecular complexity index is 140. The monoisotopic (exact) mass is 173 g/mol. The fourth-order valence-corrected chi connectivity index (χ4v) is 1.66. The van der Waals surface area contributed by atoms with Crippen LogP contribution in [0.15, 0.2) is 0 Å². The molecular formula is C9H19NO2. The minimum absolute atomic E-state index is 0.0222. The molecule has 0 aromatic heterocycles. The first-order valence-electron chi connectivity index (χ1n) is 4.71. The molecule has 1 saturated heterocycles. The lowest BCUT2D eigenvalue weighted by molar-refractivity contribution is -0.0149. The van der Waals surface area contributed by atoms with Crippen LogP contribution in [-0.2, 0) is 4.74 Å². The fraction of sp³-hybridized carbons (Fsp3) is 1.00. The second-order valence-electron chi connectivity index (χ2n) is 3.49. The zero-order valence-electron chi connectivity index (χ0n) is 8.16. The van der Waals surface area contributed by atoms with Crippen molar-refractivity contribution >= 4 is 0 Å². The van der Waals surface area contributed by atoms with Gasteiger partial charge in [-0.05, 0) is 20.3 Å². The molecule has 12 heavy (non-hydrogen) atoms. The van der Waals surface area contributed by atoms with Gasteiger partial charge in [-0.25, -0.2) is 0 Å². The standard InChI is InChI=1S/C9H19NO2/c1-4-7(2)10-5-9(6-11)12-8(10)3/h7-9,11H,4-6H2,1-3H3/t7?,8-,9?/m0/s1. The van der Waals surface area contributed by atoms with Crippen LogP contribution in [-0.4, -0.2) is 41.5 Å². The van der Waals surface area contributed by atoms with Gasteiger partial charge in [0.05, 0.1) is 12.7 Å². The predicted molar refractivity (Wildman–Crippen MR) is 47.9 cm³/mol. The van der Waals surface area contributed by atoms with Crippen molar-refractivity contribution in [1.29, 1.82) is 0 Å². The third-order valence-corrected chi connectivity index (χ3v) is 2.63. The van der Waals surface area contributed by atoms with Gasteiger partial charge in [0, 0.05) is 12.6 Å². The maximum atomic E-state index is 8.90. The summed E-state index contributed by atoms with van der Waals surface area (Å²) in [7, 11) is 0. The van der Waals surface area contributed by atoms with E-state index in [9.17, 15) is 0 Å². The number of hydrogen-bond acceptors (Lipinski definition) is 3. The van der Waals surface area contributed by atoms with E-state index in [0.717, 1.165) is 13.0 Å². The highest BCUT2D eigenvalue weighted by Gasteiger charge is 2.31. The Morgan fingerprint density at radius 2 is 2.33 bits per heavy atom. The van der Waals surface area contributed by atoms with Crippen molar-refractivity contribution in [2.45, 2.75) is 45.6 Å². The van der Waals surface area contributed by atoms with E-state index in [2.05, 4.69) is 18.7 Å². The minimum Gasteiger partial charge on any atom is -0.394 e. The van der Waals surface area contributed by atoms with Crippen LogP contribution < -0.4 is 0 Å². The van der Waals surface area contributed by atoms with Crippen molar-refractivity contribution in [2.75, 3.05) is 13.2 Å². The van der Waals surface area contributed by atoms with Crippen molar-refractivity contribution in [3.8, 4) is 0 Å². The molecule has 1 fully saturated rings. The highest BCUT2D eigenvalue weighted by molar-refractivity contribution is 4.78. The number of rotatable bonds is 3. The highest BCUT2D eigenvalue weighted by atomic mass is 16.5. The number of aliphatic hydroxyl groups is 1. The van der Waals surface area contributed by atoms with Gasteiger partial charge >= 0.3 is 0 Å². The van der Waals surface area contributed by atoms with E-state index in [-0.39, 0.29) is 18.9 Å². The first-order chi connectivity index (χ1) is 5.69. The van der Waals surface area contributed by atoms with Crippen LogP contribution in [0.4, 0.5) is 0 Å². The summed E-state index contributed by atoms with van der Waals surface area (Å²) in [6.45, 7) is 7.41. The Balaban J connectivity index is 2.45. The van der Waals surface area contributed by atoms with E-state index < -0.39 is 0 Å². The molecule has 0 amide bonds. The molecule has 1 aliphatic rings. The first kappa shape index (κ1) is 9.96. The molecule has 1 aliphatic heterocycles. The van der Waals surface area contributed by atoms with Crippen LogP contribution in [0.3, 0.4) is 0 Å². The number of nitrogens with zero attached hydrogens (tertiary/aromatic N) is 1. The van der Waals surface area contributed by atoms with Crippen molar-refractivity contribution in [3.63, 3.8) is 0 Å². The van der Waals surface area contributed by atoms with Crippen LogP contribution >= 0.6 is 0 Å². The van der Waals surface area contributed by atoms with Gasteiger partial charge in [0.2, 0.25) is 0 Å². The maximum absolute atomic E-state index is 8.90. The lowest BCUT2D eigenvalue weighted by Crippen LogP contribution is -2.36. The van der Waals surface area contributed by atoms with Crippen LogP contribution in [0.5, 0.6) is 0 Å². The SMILES string of the molecule is CCC(C)N1CC(CO)O[C@H]1C. The average Bonchev–Trinajstić information content (AvgIpc) is 2.45. The van der Waals surface area contributed by atoms with Crippen LogP contribution in [0.25, 0.3) is 0 Å². The topological polar surface area (TPSA) is 32.7 Å². The quantitative estimate of drug-likeness (QED) is 0.686. The summed E-state index contributed by atoms with van der Waals surface area (Å²) in [6, 6.07) is 0.552. The van der Waals surface area contributed by atoms with Gasteiger partial charge < -0.3 is 9.84 Å². The summed E-state index contributed by atoms with van der Waals surface area (Å²) in [5.41, 5.74) is 0. The number of aliphatic hydroxyl groups excluding tert-OH is 1. The van der Waals surface area contributed by atoms with Gasteiger partial charge in [-0.1, -0.05) is 6.92 Å². The molecule has 3 heteroatoms. The molecule has 2 unspecified atom stereocenters. The summed E-state index contributed by atoms with van der Waals surface area (Å²) < 4.78 is 5.52. The zero-order chi connectivity index (χ0) is 9.14. The predicted octanol–water partition coefficient (Wildman–Crippen LogP) is 0.824. The summed E-state index contributed by atoms with van der Waals surface area (Å²) >= 11 is 0. The molecule has 72 valence electrons. The molecule has 3 nitrogen and oxygen atoms in total. The van der Waals surface area contributed by atoms with Crippen molar-refractivity contribution in [3.05, 3.63) is 0 Å². The molecule has 0 aromatic rings. The molecule has 3 atom stereocenters. The Hall–Kier alpha value is -0.120. The highest BCUT2D eigenvalue weighted by Crippen LogP contribution is 2.19. The molecule has 1 rings (SSSR count). The summed E-state index contributed by atoms with van der Waals surface area (Å²) in [4.78, 5) is 2.29. The van der Waals surface area contributed by atoms with E-state index in [0.29, 0.717) is 6.04 Å². The molecule has 0 aromatic carbocycles. The lowest BCUT2D eigenvalue weighted by atomic mass is 10.2. The Labute approximate surface area is 74.3 Å². The lowest BCUT2D eigenvalue weighted by Gasteiger charge is -2.25. The summed E-state index contributed by atoms with van der Waals surface area (Å²) in [5.74, 6) is 0. The van der Waals surface area contributed by atoms with Gasteiger partial charge in [0.25, 0.3) is 0 Å². The van der Waals surface area contributed by atoms with E-state index in [1.165, 1.54) is 0 Å². The molecule has 0 spiro atoms. The summed E-state index contributed by atoms with van der Waals surface area (Å²) in [5, 5.41) is 8.90. The Morgan fingerprint density at radius 3 is 2.75 bits per heavy atom. The number of ether oxygens (including phenoxy) is 1.